The van der Waals surface area contributed by atoms with E-state index < -0.39 is 17.7 Å². The Labute approximate surface area is 179 Å². The molecule has 0 bridgehead atoms. The number of hydrogen-bond donors (Lipinski definition) is 1. The van der Waals surface area contributed by atoms with Crippen LogP contribution in [-0.4, -0.2) is 66.0 Å². The van der Waals surface area contributed by atoms with Gasteiger partial charge in [0, 0.05) is 18.7 Å². The fraction of sp³-hybridized carbons (Fsp3) is 0.391. The lowest BCUT2D eigenvalue weighted by molar-refractivity contribution is -0.140. The number of Topliss-reactive ketones (excluding diaryl/α,β-unsaturated/α-hetero) is 1. The van der Waals surface area contributed by atoms with E-state index in [1.54, 1.807) is 30.3 Å². The van der Waals surface area contributed by atoms with E-state index in [1.165, 1.54) is 11.2 Å². The summed E-state index contributed by atoms with van der Waals surface area (Å²) in [6.07, 6.45) is 3.79. The molecule has 5 rings (SSSR count). The molecule has 1 N–H and O–H groups in total. The van der Waals surface area contributed by atoms with Crippen molar-refractivity contribution in [3.63, 3.8) is 0 Å². The minimum absolute atomic E-state index is 0.0260. The summed E-state index contributed by atoms with van der Waals surface area (Å²) in [4.78, 5) is 29.7. The zero-order chi connectivity index (χ0) is 21.4. The van der Waals surface area contributed by atoms with E-state index in [1.807, 2.05) is 0 Å². The molecule has 31 heavy (non-hydrogen) atoms. The van der Waals surface area contributed by atoms with Crippen molar-refractivity contribution in [1.82, 2.24) is 9.80 Å². The average Bonchev–Trinajstić information content (AvgIpc) is 3.55. The molecule has 0 spiro atoms. The molecule has 8 nitrogen and oxygen atoms in total. The van der Waals surface area contributed by atoms with Gasteiger partial charge >= 0.3 is 0 Å². The number of carbonyl (C=O) groups is 2. The van der Waals surface area contributed by atoms with E-state index in [-0.39, 0.29) is 11.3 Å². The van der Waals surface area contributed by atoms with E-state index in [0.717, 1.165) is 25.9 Å². The van der Waals surface area contributed by atoms with Crippen molar-refractivity contribution in [2.75, 3.05) is 39.4 Å². The van der Waals surface area contributed by atoms with Crippen LogP contribution in [0.15, 0.2) is 46.6 Å². The summed E-state index contributed by atoms with van der Waals surface area (Å²) >= 11 is 0. The third kappa shape index (κ3) is 3.57. The number of ether oxygens (including phenoxy) is 2. The Hall–Kier alpha value is -3.26. The summed E-state index contributed by atoms with van der Waals surface area (Å²) in [5.74, 6) is -0.0698. The second kappa shape index (κ2) is 8.11. The molecule has 0 aliphatic carbocycles. The topological polar surface area (TPSA) is 92.5 Å². The van der Waals surface area contributed by atoms with Crippen LogP contribution < -0.4 is 9.47 Å². The highest BCUT2D eigenvalue weighted by Gasteiger charge is 2.47. The van der Waals surface area contributed by atoms with E-state index in [2.05, 4.69) is 4.90 Å². The molecule has 162 valence electrons. The van der Waals surface area contributed by atoms with Crippen LogP contribution in [-0.2, 0) is 9.59 Å². The lowest BCUT2D eigenvalue weighted by Crippen LogP contribution is -2.37. The maximum atomic E-state index is 13.0. The summed E-state index contributed by atoms with van der Waals surface area (Å²) in [7, 11) is 0. The molecule has 0 saturated carbocycles. The first-order valence-electron chi connectivity index (χ1n) is 10.6. The summed E-state index contributed by atoms with van der Waals surface area (Å²) < 4.78 is 16.7. The van der Waals surface area contributed by atoms with Gasteiger partial charge in [-0.15, -0.1) is 0 Å². The van der Waals surface area contributed by atoms with Crippen LogP contribution in [0.25, 0.3) is 5.76 Å². The van der Waals surface area contributed by atoms with Crippen molar-refractivity contribution in [3.8, 4) is 11.5 Å². The van der Waals surface area contributed by atoms with Gasteiger partial charge in [0.25, 0.3) is 11.7 Å². The summed E-state index contributed by atoms with van der Waals surface area (Å²) in [6.45, 7) is 3.91. The normalized spacial score (nSPS) is 23.0. The fourth-order valence-electron chi connectivity index (χ4n) is 4.45. The number of aliphatic hydroxyl groups is 1. The minimum atomic E-state index is -0.772. The number of benzene rings is 1. The van der Waals surface area contributed by atoms with Gasteiger partial charge in [0.2, 0.25) is 0 Å². The SMILES string of the molecule is O=C1C(=O)N(CCN2CCCC2)C(c2ccco2)/C1=C(\O)c1ccc2c(c1)OCCO2. The predicted octanol–water partition coefficient (Wildman–Crippen LogP) is 2.57. The first-order chi connectivity index (χ1) is 15.1. The predicted molar refractivity (Wildman–Crippen MR) is 111 cm³/mol. The van der Waals surface area contributed by atoms with Crippen LogP contribution >= 0.6 is 0 Å². The summed E-state index contributed by atoms with van der Waals surface area (Å²) in [6, 6.07) is 7.62. The first kappa shape index (κ1) is 19.7. The van der Waals surface area contributed by atoms with Gasteiger partial charge < -0.3 is 28.8 Å². The van der Waals surface area contributed by atoms with Gasteiger partial charge in [-0.25, -0.2) is 0 Å². The summed E-state index contributed by atoms with van der Waals surface area (Å²) in [5, 5.41) is 11.1. The second-order valence-electron chi connectivity index (χ2n) is 7.92. The third-order valence-corrected chi connectivity index (χ3v) is 6.02. The number of amides is 1. The highest BCUT2D eigenvalue weighted by atomic mass is 16.6. The Kier molecular flexibility index (Phi) is 5.15. The number of rotatable bonds is 5. The van der Waals surface area contributed by atoms with Crippen molar-refractivity contribution >= 4 is 17.4 Å². The molecule has 1 unspecified atom stereocenters. The van der Waals surface area contributed by atoms with Crippen molar-refractivity contribution in [3.05, 3.63) is 53.5 Å². The van der Waals surface area contributed by atoms with Gasteiger partial charge in [-0.2, -0.15) is 0 Å². The van der Waals surface area contributed by atoms with Crippen molar-refractivity contribution in [1.29, 1.82) is 0 Å². The molecule has 0 radical (unpaired) electrons. The van der Waals surface area contributed by atoms with Gasteiger partial charge in [0.15, 0.2) is 11.5 Å². The van der Waals surface area contributed by atoms with E-state index in [4.69, 9.17) is 13.9 Å². The largest absolute Gasteiger partial charge is 0.507 e. The molecule has 1 aromatic carbocycles. The van der Waals surface area contributed by atoms with Gasteiger partial charge in [-0.3, -0.25) is 9.59 Å². The Bertz CT molecular complexity index is 1020. The van der Waals surface area contributed by atoms with Crippen LogP contribution in [0.3, 0.4) is 0 Å². The van der Waals surface area contributed by atoms with Crippen LogP contribution in [0, 0.1) is 0 Å². The maximum Gasteiger partial charge on any atom is 0.295 e. The minimum Gasteiger partial charge on any atom is -0.507 e. The molecule has 4 heterocycles. The molecule has 1 amide bonds. The number of aliphatic hydroxyl groups excluding tert-OH is 1. The zero-order valence-electron chi connectivity index (χ0n) is 17.1. The summed E-state index contributed by atoms with van der Waals surface area (Å²) in [5.41, 5.74) is 0.413. The fourth-order valence-corrected chi connectivity index (χ4v) is 4.45. The van der Waals surface area contributed by atoms with Crippen molar-refractivity contribution in [2.24, 2.45) is 0 Å². The average molecular weight is 424 g/mol. The number of nitrogens with zero attached hydrogens (tertiary/aromatic N) is 2. The van der Waals surface area contributed by atoms with Crippen LogP contribution in [0.4, 0.5) is 0 Å². The van der Waals surface area contributed by atoms with Crippen LogP contribution in [0.1, 0.15) is 30.2 Å². The van der Waals surface area contributed by atoms with E-state index >= 15 is 0 Å². The van der Waals surface area contributed by atoms with Crippen molar-refractivity contribution in [2.45, 2.75) is 18.9 Å². The van der Waals surface area contributed by atoms with Crippen molar-refractivity contribution < 1.29 is 28.6 Å². The molecule has 1 atom stereocenters. The third-order valence-electron chi connectivity index (χ3n) is 6.02. The highest BCUT2D eigenvalue weighted by molar-refractivity contribution is 6.46. The molecule has 1 aromatic heterocycles. The maximum absolute atomic E-state index is 13.0. The van der Waals surface area contributed by atoms with Gasteiger partial charge in [0.05, 0.1) is 11.8 Å². The zero-order valence-corrected chi connectivity index (χ0v) is 17.1. The Morgan fingerprint density at radius 1 is 1.03 bits per heavy atom. The highest BCUT2D eigenvalue weighted by Crippen LogP contribution is 2.41. The Balaban J connectivity index is 1.52. The number of carbonyl (C=O) groups excluding carboxylic acids is 2. The number of ketones is 1. The molecular formula is C23H24N2O6. The van der Waals surface area contributed by atoms with Gasteiger partial charge in [-0.05, 0) is 56.3 Å². The molecule has 8 heteroatoms. The number of likely N-dealkylation sites (tertiary alicyclic amines) is 2. The lowest BCUT2D eigenvalue weighted by atomic mass is 9.99. The van der Waals surface area contributed by atoms with E-state index in [9.17, 15) is 14.7 Å². The number of fused-ring (bicyclic) bond motifs is 1. The monoisotopic (exact) mass is 424 g/mol. The lowest BCUT2D eigenvalue weighted by Gasteiger charge is -2.25. The van der Waals surface area contributed by atoms with E-state index in [0.29, 0.717) is 49.1 Å². The molecule has 2 aromatic rings. The van der Waals surface area contributed by atoms with Gasteiger partial charge in [-0.1, -0.05) is 0 Å². The standard InChI is InChI=1S/C23H24N2O6/c26-21(15-5-6-16-18(14-15)31-13-12-30-16)19-20(17-4-3-11-29-17)25(23(28)22(19)27)10-9-24-7-1-2-8-24/h3-6,11,14,20,26H,1-2,7-10,12-13H2/b21-19+. The smallest absolute Gasteiger partial charge is 0.295 e. The second-order valence-corrected chi connectivity index (χ2v) is 7.92. The molecule has 2 fully saturated rings. The molecule has 3 aliphatic heterocycles. The number of hydrogen-bond acceptors (Lipinski definition) is 7. The number of furan rings is 1. The Morgan fingerprint density at radius 2 is 1.81 bits per heavy atom. The quantitative estimate of drug-likeness (QED) is 0.448. The Morgan fingerprint density at radius 3 is 2.55 bits per heavy atom. The molecule has 3 aliphatic rings. The molecular weight excluding hydrogens is 400 g/mol. The van der Waals surface area contributed by atoms with Crippen LogP contribution in [0.5, 0.6) is 11.5 Å². The first-order valence-corrected chi connectivity index (χ1v) is 10.6. The van der Waals surface area contributed by atoms with Crippen LogP contribution in [0.2, 0.25) is 0 Å². The van der Waals surface area contributed by atoms with Gasteiger partial charge in [0.1, 0.15) is 30.8 Å². The molecule has 2 saturated heterocycles.